The summed E-state index contributed by atoms with van der Waals surface area (Å²) in [7, 11) is 2.87. The van der Waals surface area contributed by atoms with E-state index in [1.54, 1.807) is 0 Å². The number of carboxylic acid groups (broad SMARTS) is 1. The van der Waals surface area contributed by atoms with Gasteiger partial charge in [0.05, 0.1) is 42.6 Å². The van der Waals surface area contributed by atoms with Crippen molar-refractivity contribution in [1.29, 1.82) is 0 Å². The molecular weight excluding hydrogens is 452 g/mol. The molecule has 1 aromatic heterocycles. The first-order valence-electron chi connectivity index (χ1n) is 10.6. The van der Waals surface area contributed by atoms with Crippen LogP contribution in [0.15, 0.2) is 54.6 Å². The van der Waals surface area contributed by atoms with E-state index in [0.717, 1.165) is 15.6 Å². The minimum Gasteiger partial charge on any atom is -0.493 e. The number of ether oxygens (including phenoxy) is 2. The van der Waals surface area contributed by atoms with Gasteiger partial charge in [-0.15, -0.1) is 11.3 Å². The van der Waals surface area contributed by atoms with Crippen molar-refractivity contribution in [2.45, 2.75) is 19.8 Å². The fourth-order valence-electron chi connectivity index (χ4n) is 3.84. The first kappa shape index (κ1) is 23.3. The summed E-state index contributed by atoms with van der Waals surface area (Å²) in [6, 6.07) is 17.2. The molecule has 0 atom stereocenters. The highest BCUT2D eigenvalue weighted by atomic mass is 32.1. The minimum absolute atomic E-state index is 0.0799. The van der Waals surface area contributed by atoms with Gasteiger partial charge in [0.15, 0.2) is 11.5 Å². The maximum absolute atomic E-state index is 12.8. The average Bonchev–Trinajstić information content (AvgIpc) is 3.16. The molecule has 1 amide bonds. The lowest BCUT2D eigenvalue weighted by Crippen LogP contribution is -2.17. The van der Waals surface area contributed by atoms with Gasteiger partial charge < -0.3 is 19.9 Å². The third-order valence-electron chi connectivity index (χ3n) is 5.51. The summed E-state index contributed by atoms with van der Waals surface area (Å²) in [4.78, 5) is 30.0. The number of thiazole rings is 1. The molecular formula is C26H24N2O5S. The lowest BCUT2D eigenvalue weighted by molar-refractivity contribution is -0.115. The van der Waals surface area contributed by atoms with Crippen LogP contribution in [0.1, 0.15) is 31.5 Å². The average molecular weight is 477 g/mol. The zero-order valence-electron chi connectivity index (χ0n) is 19.0. The Morgan fingerprint density at radius 2 is 1.74 bits per heavy atom. The summed E-state index contributed by atoms with van der Waals surface area (Å²) in [6.07, 6.45) is 0.764. The second-order valence-electron chi connectivity index (χ2n) is 7.71. The number of amides is 1. The van der Waals surface area contributed by atoms with E-state index in [4.69, 9.17) is 9.47 Å². The van der Waals surface area contributed by atoms with Gasteiger partial charge in [0.2, 0.25) is 5.91 Å². The highest BCUT2D eigenvalue weighted by molar-refractivity contribution is 7.11. The number of aryl methyl sites for hydroxylation is 1. The van der Waals surface area contributed by atoms with Gasteiger partial charge in [0, 0.05) is 23.4 Å². The lowest BCUT2D eigenvalue weighted by atomic mass is 10.0. The summed E-state index contributed by atoms with van der Waals surface area (Å²) in [5.74, 6) is -0.913. The van der Waals surface area contributed by atoms with Gasteiger partial charge >= 0.3 is 5.97 Å². The van der Waals surface area contributed by atoms with Crippen LogP contribution < -0.4 is 14.8 Å². The van der Waals surface area contributed by atoms with Crippen molar-refractivity contribution in [1.82, 2.24) is 4.98 Å². The second-order valence-corrected chi connectivity index (χ2v) is 8.88. The number of hydrogen-bond donors (Lipinski definition) is 2. The predicted octanol–water partition coefficient (Wildman–Crippen LogP) is 5.09. The van der Waals surface area contributed by atoms with E-state index in [1.165, 1.54) is 54.0 Å². The number of nitrogens with one attached hydrogen (secondary N) is 1. The number of aromatic carboxylic acids is 1. The van der Waals surface area contributed by atoms with Gasteiger partial charge in [0.25, 0.3) is 0 Å². The van der Waals surface area contributed by atoms with Gasteiger partial charge in [-0.2, -0.15) is 0 Å². The fourth-order valence-corrected chi connectivity index (χ4v) is 4.93. The summed E-state index contributed by atoms with van der Waals surface area (Å²) in [5, 5.41) is 15.5. The molecule has 0 unspecified atom stereocenters. The topological polar surface area (TPSA) is 97.8 Å². The van der Waals surface area contributed by atoms with E-state index in [0.29, 0.717) is 12.2 Å². The van der Waals surface area contributed by atoms with E-state index in [1.807, 2.05) is 25.1 Å². The molecule has 0 bridgehead atoms. The zero-order valence-corrected chi connectivity index (χ0v) is 19.9. The quantitative estimate of drug-likeness (QED) is 0.368. The normalized spacial score (nSPS) is 10.8. The van der Waals surface area contributed by atoms with Crippen LogP contribution in [-0.4, -0.2) is 36.2 Å². The van der Waals surface area contributed by atoms with E-state index in [9.17, 15) is 14.7 Å². The van der Waals surface area contributed by atoms with Crippen molar-refractivity contribution in [2.75, 3.05) is 19.5 Å². The molecule has 0 fully saturated rings. The number of carbonyl (C=O) groups excluding carboxylic acids is 1. The Balaban J connectivity index is 1.53. The van der Waals surface area contributed by atoms with E-state index in [2.05, 4.69) is 34.6 Å². The summed E-state index contributed by atoms with van der Waals surface area (Å²) >= 11 is 1.49. The monoisotopic (exact) mass is 476 g/mol. The van der Waals surface area contributed by atoms with Crippen LogP contribution in [0.25, 0.3) is 10.8 Å². The maximum Gasteiger partial charge on any atom is 0.337 e. The summed E-state index contributed by atoms with van der Waals surface area (Å²) in [6.45, 7) is 1.88. The SMILES string of the molecule is COc1cc(NC(=O)Cc2sc(Cc3cccc4ccccc34)nc2C)c(C(=O)O)cc1OC. The smallest absolute Gasteiger partial charge is 0.337 e. The molecule has 8 heteroatoms. The highest BCUT2D eigenvalue weighted by Crippen LogP contribution is 2.34. The third-order valence-corrected chi connectivity index (χ3v) is 6.67. The number of fused-ring (bicyclic) bond motifs is 1. The molecule has 4 aromatic rings. The molecule has 174 valence electrons. The standard InChI is InChI=1S/C26H24N2O5S/c1-15-23(34-25(27-15)11-17-9-6-8-16-7-4-5-10-18(16)17)14-24(29)28-20-13-22(33-3)21(32-2)12-19(20)26(30)31/h4-10,12-13H,11,14H2,1-3H3,(H,28,29)(H,30,31). The molecule has 0 aliphatic heterocycles. The van der Waals surface area contributed by atoms with Crippen molar-refractivity contribution in [3.8, 4) is 11.5 Å². The molecule has 0 spiro atoms. The molecule has 0 aliphatic carbocycles. The number of benzene rings is 3. The lowest BCUT2D eigenvalue weighted by Gasteiger charge is -2.13. The number of carboxylic acids is 1. The molecule has 34 heavy (non-hydrogen) atoms. The van der Waals surface area contributed by atoms with Crippen LogP contribution in [0.3, 0.4) is 0 Å². The zero-order chi connectivity index (χ0) is 24.2. The van der Waals surface area contributed by atoms with Crippen molar-refractivity contribution < 1.29 is 24.2 Å². The molecule has 0 saturated heterocycles. The van der Waals surface area contributed by atoms with Gasteiger partial charge in [-0.1, -0.05) is 42.5 Å². The first-order chi connectivity index (χ1) is 16.4. The Bertz CT molecular complexity index is 1370. The van der Waals surface area contributed by atoms with Crippen molar-refractivity contribution in [3.63, 3.8) is 0 Å². The number of nitrogens with zero attached hydrogens (tertiary/aromatic N) is 1. The van der Waals surface area contributed by atoms with Gasteiger partial charge in [-0.3, -0.25) is 4.79 Å². The molecule has 2 N–H and O–H groups in total. The van der Waals surface area contributed by atoms with E-state index >= 15 is 0 Å². The number of anilines is 1. The molecule has 0 radical (unpaired) electrons. The Labute approximate surface area is 201 Å². The number of carbonyl (C=O) groups is 2. The van der Waals surface area contributed by atoms with Crippen LogP contribution in [0.4, 0.5) is 5.69 Å². The Hall–Kier alpha value is -3.91. The van der Waals surface area contributed by atoms with Crippen LogP contribution in [0, 0.1) is 6.92 Å². The van der Waals surface area contributed by atoms with E-state index < -0.39 is 5.97 Å². The Kier molecular flexibility index (Phi) is 6.79. The molecule has 1 heterocycles. The molecule has 0 saturated carbocycles. The molecule has 3 aromatic carbocycles. The molecule has 7 nitrogen and oxygen atoms in total. The van der Waals surface area contributed by atoms with Gasteiger partial charge in [0.1, 0.15) is 0 Å². The number of rotatable bonds is 8. The number of hydrogen-bond acceptors (Lipinski definition) is 6. The second kappa shape index (κ2) is 9.93. The maximum atomic E-state index is 12.8. The third kappa shape index (κ3) is 4.87. The Morgan fingerprint density at radius 3 is 2.47 bits per heavy atom. The predicted molar refractivity (Wildman–Crippen MR) is 132 cm³/mol. The molecule has 4 rings (SSSR count). The highest BCUT2D eigenvalue weighted by Gasteiger charge is 2.19. The van der Waals surface area contributed by atoms with Crippen LogP contribution in [-0.2, 0) is 17.6 Å². The van der Waals surface area contributed by atoms with Crippen LogP contribution >= 0.6 is 11.3 Å². The van der Waals surface area contributed by atoms with Crippen LogP contribution in [0.5, 0.6) is 11.5 Å². The largest absolute Gasteiger partial charge is 0.493 e. The van der Waals surface area contributed by atoms with Crippen molar-refractivity contribution >= 4 is 39.7 Å². The number of aromatic nitrogens is 1. The number of methoxy groups -OCH3 is 2. The first-order valence-corrected chi connectivity index (χ1v) is 11.4. The van der Waals surface area contributed by atoms with Crippen molar-refractivity contribution in [2.24, 2.45) is 0 Å². The Morgan fingerprint density at radius 1 is 1.03 bits per heavy atom. The van der Waals surface area contributed by atoms with Crippen molar-refractivity contribution in [3.05, 3.63) is 81.3 Å². The fraction of sp³-hybridized carbons (Fsp3) is 0.192. The summed E-state index contributed by atoms with van der Waals surface area (Å²) < 4.78 is 10.4. The van der Waals surface area contributed by atoms with E-state index in [-0.39, 0.29) is 29.3 Å². The van der Waals surface area contributed by atoms with Crippen LogP contribution in [0.2, 0.25) is 0 Å². The van der Waals surface area contributed by atoms with Gasteiger partial charge in [-0.25, -0.2) is 9.78 Å². The molecule has 0 aliphatic rings. The van der Waals surface area contributed by atoms with Gasteiger partial charge in [-0.05, 0) is 23.3 Å². The summed E-state index contributed by atoms with van der Waals surface area (Å²) in [5.41, 5.74) is 2.04. The minimum atomic E-state index is -1.18.